The molecule has 0 atom stereocenters. The van der Waals surface area contributed by atoms with Gasteiger partial charge in [0.1, 0.15) is 0 Å². The third-order valence-electron chi connectivity index (χ3n) is 3.15. The standard InChI is InChI=1S/C18H24N/c1-4-14-19(15-5-2,16-6-3)17-10-13-18-11-8-7-9-12-18/h4-13H,1-3,14-17H2/q+1. The fraction of sp³-hybridized carbons (Fsp3) is 0.222. The van der Waals surface area contributed by atoms with E-state index in [1.54, 1.807) is 0 Å². The Morgan fingerprint density at radius 3 is 1.79 bits per heavy atom. The average molecular weight is 254 g/mol. The van der Waals surface area contributed by atoms with Crippen LogP contribution in [0.25, 0.3) is 6.08 Å². The molecule has 19 heavy (non-hydrogen) atoms. The molecule has 0 radical (unpaired) electrons. The minimum absolute atomic E-state index is 0.903. The molecular weight excluding hydrogens is 230 g/mol. The van der Waals surface area contributed by atoms with Crippen molar-refractivity contribution in [3.63, 3.8) is 0 Å². The van der Waals surface area contributed by atoms with E-state index in [-0.39, 0.29) is 0 Å². The predicted octanol–water partition coefficient (Wildman–Crippen LogP) is 4.07. The summed E-state index contributed by atoms with van der Waals surface area (Å²) in [6.45, 7) is 15.3. The summed E-state index contributed by atoms with van der Waals surface area (Å²) in [5.41, 5.74) is 1.23. The maximum Gasteiger partial charge on any atom is 0.0984 e. The summed E-state index contributed by atoms with van der Waals surface area (Å²) in [5.74, 6) is 0. The molecule has 0 amide bonds. The van der Waals surface area contributed by atoms with Gasteiger partial charge in [-0.25, -0.2) is 0 Å². The lowest BCUT2D eigenvalue weighted by Crippen LogP contribution is -2.48. The lowest BCUT2D eigenvalue weighted by molar-refractivity contribution is -0.906. The molecule has 1 rings (SSSR count). The maximum atomic E-state index is 3.87. The Bertz CT molecular complexity index is 402. The van der Waals surface area contributed by atoms with Crippen molar-refractivity contribution < 1.29 is 4.48 Å². The van der Waals surface area contributed by atoms with Crippen LogP contribution < -0.4 is 0 Å². The summed E-state index contributed by atoms with van der Waals surface area (Å²) in [7, 11) is 0. The molecule has 1 aromatic carbocycles. The van der Waals surface area contributed by atoms with Crippen molar-refractivity contribution in [2.24, 2.45) is 0 Å². The van der Waals surface area contributed by atoms with Crippen molar-refractivity contribution in [2.75, 3.05) is 26.2 Å². The van der Waals surface area contributed by atoms with E-state index in [9.17, 15) is 0 Å². The fourth-order valence-electron chi connectivity index (χ4n) is 2.25. The van der Waals surface area contributed by atoms with E-state index in [2.05, 4.69) is 56.2 Å². The largest absolute Gasteiger partial charge is 0.311 e. The molecule has 0 aromatic heterocycles. The van der Waals surface area contributed by atoms with Gasteiger partial charge in [0, 0.05) is 0 Å². The van der Waals surface area contributed by atoms with E-state index in [0.717, 1.165) is 30.7 Å². The van der Waals surface area contributed by atoms with Gasteiger partial charge in [-0.1, -0.05) is 56.1 Å². The molecule has 0 N–H and O–H groups in total. The lowest BCUT2D eigenvalue weighted by Gasteiger charge is -2.35. The van der Waals surface area contributed by atoms with Crippen LogP contribution in [0.1, 0.15) is 5.56 Å². The van der Waals surface area contributed by atoms with Crippen LogP contribution in [0.5, 0.6) is 0 Å². The SMILES string of the molecule is C=CC[N+](CC=C)(CC=C)CC=Cc1ccccc1. The van der Waals surface area contributed by atoms with Gasteiger partial charge in [0.05, 0.1) is 26.2 Å². The molecule has 0 saturated carbocycles. The summed E-state index contributed by atoms with van der Waals surface area (Å²) in [4.78, 5) is 0. The first-order chi connectivity index (χ1) is 9.26. The van der Waals surface area contributed by atoms with Crippen molar-refractivity contribution in [2.45, 2.75) is 0 Å². The normalized spacial score (nSPS) is 11.4. The van der Waals surface area contributed by atoms with Gasteiger partial charge < -0.3 is 4.48 Å². The van der Waals surface area contributed by atoms with Crippen LogP contribution in [0, 0.1) is 0 Å². The van der Waals surface area contributed by atoms with Crippen LogP contribution >= 0.6 is 0 Å². The minimum atomic E-state index is 0.903. The lowest BCUT2D eigenvalue weighted by atomic mass is 10.2. The van der Waals surface area contributed by atoms with E-state index < -0.39 is 0 Å². The third-order valence-corrected chi connectivity index (χ3v) is 3.15. The zero-order chi connectivity index (χ0) is 14.0. The Morgan fingerprint density at radius 2 is 1.32 bits per heavy atom. The quantitative estimate of drug-likeness (QED) is 0.460. The first-order valence-corrected chi connectivity index (χ1v) is 6.66. The van der Waals surface area contributed by atoms with Gasteiger partial charge in [-0.15, -0.1) is 0 Å². The highest BCUT2D eigenvalue weighted by molar-refractivity contribution is 5.48. The number of rotatable bonds is 9. The molecule has 0 aliphatic heterocycles. The summed E-state index contributed by atoms with van der Waals surface area (Å²) >= 11 is 0. The highest BCUT2D eigenvalue weighted by Crippen LogP contribution is 2.10. The van der Waals surface area contributed by atoms with Crippen molar-refractivity contribution in [3.05, 3.63) is 79.9 Å². The van der Waals surface area contributed by atoms with Gasteiger partial charge in [-0.05, 0) is 29.9 Å². The number of benzene rings is 1. The van der Waals surface area contributed by atoms with Crippen molar-refractivity contribution in [1.29, 1.82) is 0 Å². The molecule has 0 saturated heterocycles. The summed E-state index contributed by atoms with van der Waals surface area (Å²) in [5, 5.41) is 0. The summed E-state index contributed by atoms with van der Waals surface area (Å²) in [6.07, 6.45) is 10.3. The molecule has 0 bridgehead atoms. The second-order valence-electron chi connectivity index (χ2n) is 4.75. The van der Waals surface area contributed by atoms with Gasteiger partial charge in [0.2, 0.25) is 0 Å². The smallest absolute Gasteiger partial charge is 0.0984 e. The summed E-state index contributed by atoms with van der Waals surface area (Å²) < 4.78 is 0.903. The van der Waals surface area contributed by atoms with Gasteiger partial charge in [0.15, 0.2) is 0 Å². The van der Waals surface area contributed by atoms with Gasteiger partial charge in [-0.3, -0.25) is 0 Å². The molecule has 0 heterocycles. The molecule has 0 aliphatic rings. The van der Waals surface area contributed by atoms with Crippen molar-refractivity contribution >= 4 is 6.08 Å². The summed E-state index contributed by atoms with van der Waals surface area (Å²) in [6, 6.07) is 10.4. The molecule has 1 heteroatoms. The third kappa shape index (κ3) is 5.11. The van der Waals surface area contributed by atoms with E-state index in [1.165, 1.54) is 5.56 Å². The predicted molar refractivity (Wildman–Crippen MR) is 85.8 cm³/mol. The van der Waals surface area contributed by atoms with Crippen LogP contribution in [-0.4, -0.2) is 30.7 Å². The number of quaternary nitrogens is 1. The molecule has 100 valence electrons. The fourth-order valence-corrected chi connectivity index (χ4v) is 2.25. The van der Waals surface area contributed by atoms with Gasteiger partial charge in [0.25, 0.3) is 0 Å². The maximum absolute atomic E-state index is 3.87. The Balaban J connectivity index is 2.76. The molecule has 1 nitrogen and oxygen atoms in total. The highest BCUT2D eigenvalue weighted by atomic mass is 15.3. The molecular formula is C18H24N+. The van der Waals surface area contributed by atoms with Crippen LogP contribution in [0.3, 0.4) is 0 Å². The van der Waals surface area contributed by atoms with Crippen LogP contribution in [0.4, 0.5) is 0 Å². The number of nitrogens with zero attached hydrogens (tertiary/aromatic N) is 1. The average Bonchev–Trinajstić information content (AvgIpc) is 2.41. The monoisotopic (exact) mass is 254 g/mol. The zero-order valence-electron chi connectivity index (χ0n) is 11.7. The first kappa shape index (κ1) is 15.2. The van der Waals surface area contributed by atoms with E-state index >= 15 is 0 Å². The molecule has 0 fully saturated rings. The second-order valence-corrected chi connectivity index (χ2v) is 4.75. The van der Waals surface area contributed by atoms with E-state index in [0.29, 0.717) is 0 Å². The number of hydrogen-bond acceptors (Lipinski definition) is 0. The van der Waals surface area contributed by atoms with Crippen LogP contribution in [-0.2, 0) is 0 Å². The Hall–Kier alpha value is -1.86. The van der Waals surface area contributed by atoms with Gasteiger partial charge >= 0.3 is 0 Å². The zero-order valence-corrected chi connectivity index (χ0v) is 11.7. The Morgan fingerprint density at radius 1 is 0.789 bits per heavy atom. The first-order valence-electron chi connectivity index (χ1n) is 6.66. The molecule has 0 spiro atoms. The number of hydrogen-bond donors (Lipinski definition) is 0. The highest BCUT2D eigenvalue weighted by Gasteiger charge is 2.20. The molecule has 1 aromatic rings. The molecule has 0 unspecified atom stereocenters. The minimum Gasteiger partial charge on any atom is -0.311 e. The van der Waals surface area contributed by atoms with Crippen LogP contribution in [0.2, 0.25) is 0 Å². The Labute approximate surface area is 117 Å². The topological polar surface area (TPSA) is 0 Å². The van der Waals surface area contributed by atoms with Crippen molar-refractivity contribution in [1.82, 2.24) is 0 Å². The van der Waals surface area contributed by atoms with Crippen molar-refractivity contribution in [3.8, 4) is 0 Å². The van der Waals surface area contributed by atoms with Gasteiger partial charge in [-0.2, -0.15) is 0 Å². The Kier molecular flexibility index (Phi) is 6.62. The second kappa shape index (κ2) is 8.28. The van der Waals surface area contributed by atoms with E-state index in [1.807, 2.05) is 24.3 Å². The molecule has 0 aliphatic carbocycles. The van der Waals surface area contributed by atoms with Crippen LogP contribution in [0.15, 0.2) is 74.4 Å². The van der Waals surface area contributed by atoms with E-state index in [4.69, 9.17) is 0 Å².